The van der Waals surface area contributed by atoms with E-state index in [1.54, 1.807) is 0 Å². The summed E-state index contributed by atoms with van der Waals surface area (Å²) in [5.74, 6) is 0.799. The summed E-state index contributed by atoms with van der Waals surface area (Å²) in [6, 6.07) is 9.42. The zero-order valence-electron chi connectivity index (χ0n) is 10.5. The van der Waals surface area contributed by atoms with Gasteiger partial charge < -0.3 is 9.84 Å². The monoisotopic (exact) mass is 258 g/mol. The van der Waals surface area contributed by atoms with Gasteiger partial charge in [-0.3, -0.25) is 0 Å². The molecule has 1 aromatic carbocycles. The molecule has 0 spiro atoms. The molecule has 1 heterocycles. The highest BCUT2D eigenvalue weighted by Gasteiger charge is 2.08. The first kappa shape index (κ1) is 13.1. The van der Waals surface area contributed by atoms with E-state index >= 15 is 0 Å². The number of hydrogen-bond acceptors (Lipinski definition) is 5. The summed E-state index contributed by atoms with van der Waals surface area (Å²) in [6.45, 7) is 2.39. The van der Waals surface area contributed by atoms with Crippen molar-refractivity contribution in [2.45, 2.75) is 19.6 Å². The summed E-state index contributed by atoms with van der Waals surface area (Å²) in [7, 11) is 0. The van der Waals surface area contributed by atoms with Crippen LogP contribution in [0.3, 0.4) is 0 Å². The van der Waals surface area contributed by atoms with Crippen molar-refractivity contribution in [3.63, 3.8) is 0 Å². The van der Waals surface area contributed by atoms with Crippen LogP contribution in [0, 0.1) is 18.3 Å². The molecule has 1 aromatic heterocycles. The molecule has 6 nitrogen and oxygen atoms in total. The molecular weight excluding hydrogens is 244 g/mol. The molecule has 0 amide bonds. The molecular formula is C13H14N4O2. The Balaban J connectivity index is 1.83. The third kappa shape index (κ3) is 3.79. The molecule has 1 atom stereocenters. The zero-order valence-corrected chi connectivity index (χ0v) is 10.5. The molecule has 0 fully saturated rings. The molecule has 0 saturated carbocycles. The molecule has 19 heavy (non-hydrogen) atoms. The predicted octanol–water partition coefficient (Wildman–Crippen LogP) is 0.898. The fraction of sp³-hybridized carbons (Fsp3) is 0.308. The fourth-order valence-corrected chi connectivity index (χ4v) is 1.53. The van der Waals surface area contributed by atoms with Gasteiger partial charge in [-0.2, -0.15) is 5.26 Å². The number of ether oxygens (including phenoxy) is 1. The van der Waals surface area contributed by atoms with Crippen molar-refractivity contribution in [1.29, 1.82) is 5.26 Å². The third-order valence-electron chi connectivity index (χ3n) is 2.50. The lowest BCUT2D eigenvalue weighted by molar-refractivity contribution is 0.0892. The fourth-order valence-electron chi connectivity index (χ4n) is 1.53. The smallest absolute Gasteiger partial charge is 0.252 e. The lowest BCUT2D eigenvalue weighted by Gasteiger charge is -2.12. The molecule has 98 valence electrons. The zero-order chi connectivity index (χ0) is 13.7. The number of nitrogens with zero attached hydrogens (tertiary/aromatic N) is 4. The number of aliphatic hydroxyl groups excluding tert-OH is 1. The predicted molar refractivity (Wildman–Crippen MR) is 67.4 cm³/mol. The van der Waals surface area contributed by atoms with E-state index < -0.39 is 6.10 Å². The topological polar surface area (TPSA) is 84.0 Å². The SMILES string of the molecule is Cc1ccc(OCC(O)Cn2cnc(C#N)n2)cc1. The van der Waals surface area contributed by atoms with Gasteiger partial charge in [0.1, 0.15) is 30.9 Å². The highest BCUT2D eigenvalue weighted by Crippen LogP contribution is 2.11. The standard InChI is InChI=1S/C13H14N4O2/c1-10-2-4-12(5-3-10)19-8-11(18)7-17-9-15-13(6-14)16-17/h2-5,9,11,18H,7-8H2,1H3. The van der Waals surface area contributed by atoms with Gasteiger partial charge in [0.05, 0.1) is 6.54 Å². The Morgan fingerprint density at radius 3 is 2.79 bits per heavy atom. The van der Waals surface area contributed by atoms with E-state index in [4.69, 9.17) is 10.00 Å². The van der Waals surface area contributed by atoms with Gasteiger partial charge in [0.2, 0.25) is 0 Å². The van der Waals surface area contributed by atoms with Crippen LogP contribution in [0.1, 0.15) is 11.4 Å². The minimum atomic E-state index is -0.713. The van der Waals surface area contributed by atoms with E-state index in [0.29, 0.717) is 5.75 Å². The van der Waals surface area contributed by atoms with Crippen molar-refractivity contribution >= 4 is 0 Å². The molecule has 1 unspecified atom stereocenters. The van der Waals surface area contributed by atoms with E-state index in [9.17, 15) is 5.11 Å². The number of aliphatic hydroxyl groups is 1. The second kappa shape index (κ2) is 5.98. The van der Waals surface area contributed by atoms with Crippen LogP contribution in [0.15, 0.2) is 30.6 Å². The van der Waals surface area contributed by atoms with E-state index in [0.717, 1.165) is 5.56 Å². The van der Waals surface area contributed by atoms with Crippen LogP contribution in [-0.2, 0) is 6.54 Å². The minimum absolute atomic E-state index is 0.0895. The highest BCUT2D eigenvalue weighted by molar-refractivity contribution is 5.26. The van der Waals surface area contributed by atoms with E-state index in [1.807, 2.05) is 37.3 Å². The first-order valence-electron chi connectivity index (χ1n) is 5.84. The summed E-state index contributed by atoms with van der Waals surface area (Å²) in [5.41, 5.74) is 1.15. The molecule has 2 aromatic rings. The van der Waals surface area contributed by atoms with Crippen LogP contribution in [0.2, 0.25) is 0 Å². The summed E-state index contributed by atoms with van der Waals surface area (Å²) in [4.78, 5) is 3.75. The largest absolute Gasteiger partial charge is 0.491 e. The number of benzene rings is 1. The number of aryl methyl sites for hydroxylation is 1. The molecule has 0 aliphatic rings. The van der Waals surface area contributed by atoms with Gasteiger partial charge in [0, 0.05) is 0 Å². The lowest BCUT2D eigenvalue weighted by Crippen LogP contribution is -2.23. The van der Waals surface area contributed by atoms with Crippen molar-refractivity contribution in [2.24, 2.45) is 0 Å². The quantitative estimate of drug-likeness (QED) is 0.861. The van der Waals surface area contributed by atoms with Crippen molar-refractivity contribution in [3.8, 4) is 11.8 Å². The van der Waals surface area contributed by atoms with Gasteiger partial charge in [-0.25, -0.2) is 9.67 Å². The first-order chi connectivity index (χ1) is 9.17. The van der Waals surface area contributed by atoms with Gasteiger partial charge in [-0.15, -0.1) is 5.10 Å². The minimum Gasteiger partial charge on any atom is -0.491 e. The van der Waals surface area contributed by atoms with Gasteiger partial charge >= 0.3 is 0 Å². The van der Waals surface area contributed by atoms with Crippen LogP contribution < -0.4 is 4.74 Å². The van der Waals surface area contributed by atoms with Crippen molar-refractivity contribution in [3.05, 3.63) is 42.0 Å². The maximum Gasteiger partial charge on any atom is 0.252 e. The van der Waals surface area contributed by atoms with Crippen LogP contribution >= 0.6 is 0 Å². The maximum atomic E-state index is 9.80. The summed E-state index contributed by atoms with van der Waals surface area (Å²) < 4.78 is 6.87. The van der Waals surface area contributed by atoms with Gasteiger partial charge in [-0.05, 0) is 19.1 Å². The van der Waals surface area contributed by atoms with Gasteiger partial charge in [-0.1, -0.05) is 17.7 Å². The Bertz CT molecular complexity index is 571. The number of rotatable bonds is 5. The van der Waals surface area contributed by atoms with Gasteiger partial charge in [0.15, 0.2) is 0 Å². The van der Waals surface area contributed by atoms with E-state index in [1.165, 1.54) is 11.0 Å². The second-order valence-corrected chi connectivity index (χ2v) is 4.18. The average Bonchev–Trinajstić information content (AvgIpc) is 2.86. The van der Waals surface area contributed by atoms with Crippen molar-refractivity contribution in [2.75, 3.05) is 6.61 Å². The Morgan fingerprint density at radius 1 is 1.42 bits per heavy atom. The van der Waals surface area contributed by atoms with Crippen LogP contribution in [0.25, 0.3) is 0 Å². The maximum absolute atomic E-state index is 9.80. The molecule has 0 aliphatic heterocycles. The summed E-state index contributed by atoms with van der Waals surface area (Å²) in [6.07, 6.45) is 0.697. The van der Waals surface area contributed by atoms with Gasteiger partial charge in [0.25, 0.3) is 5.82 Å². The molecule has 0 aliphatic carbocycles. The van der Waals surface area contributed by atoms with Crippen molar-refractivity contribution in [1.82, 2.24) is 14.8 Å². The van der Waals surface area contributed by atoms with Crippen molar-refractivity contribution < 1.29 is 9.84 Å². The molecule has 2 rings (SSSR count). The molecule has 1 N–H and O–H groups in total. The Kier molecular flexibility index (Phi) is 4.11. The molecule has 0 radical (unpaired) electrons. The molecule has 0 bridgehead atoms. The Morgan fingerprint density at radius 2 is 2.16 bits per heavy atom. The second-order valence-electron chi connectivity index (χ2n) is 4.18. The lowest BCUT2D eigenvalue weighted by atomic mass is 10.2. The summed E-state index contributed by atoms with van der Waals surface area (Å²) >= 11 is 0. The first-order valence-corrected chi connectivity index (χ1v) is 5.84. The third-order valence-corrected chi connectivity index (χ3v) is 2.50. The highest BCUT2D eigenvalue weighted by atomic mass is 16.5. The number of nitriles is 1. The number of hydrogen-bond donors (Lipinski definition) is 1. The van der Waals surface area contributed by atoms with E-state index in [2.05, 4.69) is 10.1 Å². The summed E-state index contributed by atoms with van der Waals surface area (Å²) in [5, 5.41) is 22.3. The number of aromatic nitrogens is 3. The van der Waals surface area contributed by atoms with Crippen LogP contribution in [-0.4, -0.2) is 32.6 Å². The van der Waals surface area contributed by atoms with Crippen LogP contribution in [0.5, 0.6) is 5.75 Å². The van der Waals surface area contributed by atoms with E-state index in [-0.39, 0.29) is 19.0 Å². The Hall–Kier alpha value is -2.39. The molecule has 0 saturated heterocycles. The average molecular weight is 258 g/mol. The van der Waals surface area contributed by atoms with Crippen LogP contribution in [0.4, 0.5) is 0 Å². The molecule has 6 heteroatoms. The Labute approximate surface area is 110 Å². The normalized spacial score (nSPS) is 11.8.